The van der Waals surface area contributed by atoms with Gasteiger partial charge in [0.15, 0.2) is 5.69 Å². The lowest BCUT2D eigenvalue weighted by Gasteiger charge is -2.19. The molecule has 0 spiro atoms. The fraction of sp³-hybridized carbons (Fsp3) is 0.267. The maximum atomic E-state index is 12.3. The van der Waals surface area contributed by atoms with Gasteiger partial charge in [-0.1, -0.05) is 35.5 Å². The molecule has 1 heterocycles. The maximum Gasteiger partial charge on any atom is 0.323 e. The average Bonchev–Trinajstić information content (AvgIpc) is 2.89. The predicted octanol–water partition coefficient (Wildman–Crippen LogP) is 1.75. The third-order valence-electron chi connectivity index (χ3n) is 3.08. The summed E-state index contributed by atoms with van der Waals surface area (Å²) in [4.78, 5) is 24.5. The minimum Gasteiger partial charge on any atom is -0.480 e. The number of aryl methyl sites for hydroxylation is 1. The lowest BCUT2D eigenvalue weighted by molar-refractivity contribution is -0.137. The van der Waals surface area contributed by atoms with Crippen LogP contribution >= 0.6 is 0 Å². The Morgan fingerprint density at radius 2 is 2.00 bits per heavy atom. The van der Waals surface area contributed by atoms with Crippen LogP contribution in [0.2, 0.25) is 0 Å². The molecule has 0 bridgehead atoms. The molecule has 0 aliphatic rings. The quantitative estimate of drug-likeness (QED) is 0.875. The van der Waals surface area contributed by atoms with Crippen molar-refractivity contribution < 1.29 is 19.2 Å². The van der Waals surface area contributed by atoms with Crippen molar-refractivity contribution >= 4 is 11.9 Å². The number of nitrogens with zero attached hydrogens (tertiary/aromatic N) is 2. The summed E-state index contributed by atoms with van der Waals surface area (Å²) >= 11 is 0. The van der Waals surface area contributed by atoms with Gasteiger partial charge in [0, 0.05) is 12.1 Å². The number of hydrogen-bond donors (Lipinski definition) is 1. The third-order valence-corrected chi connectivity index (χ3v) is 3.08. The summed E-state index contributed by atoms with van der Waals surface area (Å²) in [5.74, 6) is -1.49. The fourth-order valence-electron chi connectivity index (χ4n) is 1.97. The Balaban J connectivity index is 2.09. The van der Waals surface area contributed by atoms with E-state index in [1.54, 1.807) is 6.92 Å². The summed E-state index contributed by atoms with van der Waals surface area (Å²) in [5.41, 5.74) is 1.79. The van der Waals surface area contributed by atoms with Crippen molar-refractivity contribution in [3.8, 4) is 0 Å². The number of rotatable bonds is 6. The maximum absolute atomic E-state index is 12.3. The molecular formula is C15H16N2O4. The Morgan fingerprint density at radius 3 is 2.57 bits per heavy atom. The highest BCUT2D eigenvalue weighted by atomic mass is 16.5. The van der Waals surface area contributed by atoms with Crippen LogP contribution < -0.4 is 0 Å². The number of aromatic nitrogens is 1. The fourth-order valence-corrected chi connectivity index (χ4v) is 1.97. The van der Waals surface area contributed by atoms with Gasteiger partial charge in [0.25, 0.3) is 5.91 Å². The van der Waals surface area contributed by atoms with Gasteiger partial charge in [0.2, 0.25) is 0 Å². The first-order chi connectivity index (χ1) is 10.1. The molecule has 1 amide bonds. The van der Waals surface area contributed by atoms with Gasteiger partial charge in [-0.15, -0.1) is 0 Å². The normalized spacial score (nSPS) is 10.3. The second-order valence-corrected chi connectivity index (χ2v) is 4.70. The van der Waals surface area contributed by atoms with E-state index in [9.17, 15) is 9.59 Å². The van der Waals surface area contributed by atoms with E-state index in [0.29, 0.717) is 18.5 Å². The molecule has 1 N–H and O–H groups in total. The molecule has 0 atom stereocenters. The molecule has 6 heteroatoms. The third kappa shape index (κ3) is 3.92. The zero-order chi connectivity index (χ0) is 15.2. The summed E-state index contributed by atoms with van der Waals surface area (Å²) in [6.45, 7) is 1.64. The monoisotopic (exact) mass is 288 g/mol. The predicted molar refractivity (Wildman–Crippen MR) is 74.9 cm³/mol. The molecule has 0 unspecified atom stereocenters. The molecule has 0 radical (unpaired) electrons. The Hall–Kier alpha value is -2.63. The largest absolute Gasteiger partial charge is 0.480 e. The van der Waals surface area contributed by atoms with Crippen LogP contribution in [-0.4, -0.2) is 40.1 Å². The number of amides is 1. The Labute approximate surface area is 122 Å². The number of hydrogen-bond acceptors (Lipinski definition) is 4. The van der Waals surface area contributed by atoms with Crippen LogP contribution in [0.25, 0.3) is 0 Å². The number of benzene rings is 1. The van der Waals surface area contributed by atoms with E-state index < -0.39 is 11.9 Å². The molecule has 1 aromatic carbocycles. The van der Waals surface area contributed by atoms with E-state index in [1.807, 2.05) is 30.3 Å². The molecule has 0 aliphatic carbocycles. The number of aliphatic carboxylic acids is 1. The first-order valence-electron chi connectivity index (χ1n) is 6.54. The molecule has 0 aliphatic heterocycles. The van der Waals surface area contributed by atoms with E-state index in [4.69, 9.17) is 9.63 Å². The molecule has 110 valence electrons. The molecule has 0 fully saturated rings. The van der Waals surface area contributed by atoms with Crippen LogP contribution in [0.3, 0.4) is 0 Å². The highest BCUT2D eigenvalue weighted by molar-refractivity contribution is 5.95. The van der Waals surface area contributed by atoms with Gasteiger partial charge in [0.1, 0.15) is 12.8 Å². The van der Waals surface area contributed by atoms with Crippen molar-refractivity contribution in [2.75, 3.05) is 13.1 Å². The van der Waals surface area contributed by atoms with Gasteiger partial charge >= 0.3 is 5.97 Å². The van der Waals surface area contributed by atoms with Gasteiger partial charge in [-0.25, -0.2) is 0 Å². The van der Waals surface area contributed by atoms with Crippen molar-refractivity contribution in [2.45, 2.75) is 13.3 Å². The topological polar surface area (TPSA) is 83.6 Å². The van der Waals surface area contributed by atoms with Crippen LogP contribution in [0.1, 0.15) is 21.6 Å². The van der Waals surface area contributed by atoms with Crippen molar-refractivity contribution in [1.29, 1.82) is 0 Å². The Kier molecular flexibility index (Phi) is 4.71. The lowest BCUT2D eigenvalue weighted by atomic mass is 10.1. The van der Waals surface area contributed by atoms with Gasteiger partial charge in [0.05, 0.1) is 0 Å². The molecule has 2 aromatic rings. The average molecular weight is 288 g/mol. The molecule has 0 saturated heterocycles. The first-order valence-corrected chi connectivity index (χ1v) is 6.54. The number of carboxylic acid groups (broad SMARTS) is 1. The smallest absolute Gasteiger partial charge is 0.323 e. The lowest BCUT2D eigenvalue weighted by Crippen LogP contribution is -2.37. The van der Waals surface area contributed by atoms with Crippen LogP contribution in [0, 0.1) is 6.92 Å². The van der Waals surface area contributed by atoms with Gasteiger partial charge in [-0.05, 0) is 18.9 Å². The van der Waals surface area contributed by atoms with E-state index in [0.717, 1.165) is 5.56 Å². The van der Waals surface area contributed by atoms with Crippen molar-refractivity contribution in [2.24, 2.45) is 0 Å². The van der Waals surface area contributed by atoms with E-state index in [2.05, 4.69) is 5.16 Å². The second kappa shape index (κ2) is 6.69. The summed E-state index contributed by atoms with van der Waals surface area (Å²) in [6.07, 6.45) is 1.94. The van der Waals surface area contributed by atoms with Crippen LogP contribution in [0.4, 0.5) is 0 Å². The highest BCUT2D eigenvalue weighted by Gasteiger charge is 2.22. The Bertz CT molecular complexity index is 622. The molecule has 1 aromatic heterocycles. The second-order valence-electron chi connectivity index (χ2n) is 4.70. The zero-order valence-electron chi connectivity index (χ0n) is 11.7. The van der Waals surface area contributed by atoms with Crippen molar-refractivity contribution in [3.63, 3.8) is 0 Å². The molecule has 0 saturated carbocycles. The standard InChI is InChI=1S/C15H16N2O4/c1-11-10-21-16-14(11)15(20)17(9-13(18)19)8-7-12-5-3-2-4-6-12/h2-6,10H,7-9H2,1H3,(H,18,19). The van der Waals surface area contributed by atoms with E-state index in [-0.39, 0.29) is 12.2 Å². The molecule has 2 rings (SSSR count). The van der Waals surface area contributed by atoms with E-state index in [1.165, 1.54) is 11.2 Å². The minimum absolute atomic E-state index is 0.157. The summed E-state index contributed by atoms with van der Waals surface area (Å²) in [5, 5.41) is 12.6. The number of carbonyl (C=O) groups is 2. The summed E-state index contributed by atoms with van der Waals surface area (Å²) < 4.78 is 4.74. The van der Waals surface area contributed by atoms with Crippen molar-refractivity contribution in [1.82, 2.24) is 10.1 Å². The van der Waals surface area contributed by atoms with Crippen LogP contribution in [-0.2, 0) is 11.2 Å². The summed E-state index contributed by atoms with van der Waals surface area (Å²) in [7, 11) is 0. The van der Waals surface area contributed by atoms with Gasteiger partial charge in [-0.3, -0.25) is 9.59 Å². The number of carbonyl (C=O) groups excluding carboxylic acids is 1. The Morgan fingerprint density at radius 1 is 1.29 bits per heavy atom. The first kappa shape index (κ1) is 14.8. The highest BCUT2D eigenvalue weighted by Crippen LogP contribution is 2.10. The SMILES string of the molecule is Cc1conc1C(=O)N(CCc1ccccc1)CC(=O)O. The zero-order valence-corrected chi connectivity index (χ0v) is 11.7. The minimum atomic E-state index is -1.06. The van der Waals surface area contributed by atoms with Crippen molar-refractivity contribution in [3.05, 3.63) is 53.4 Å². The molecule has 6 nitrogen and oxygen atoms in total. The van der Waals surface area contributed by atoms with E-state index >= 15 is 0 Å². The summed E-state index contributed by atoms with van der Waals surface area (Å²) in [6, 6.07) is 9.58. The van der Waals surface area contributed by atoms with Crippen LogP contribution in [0.15, 0.2) is 41.1 Å². The van der Waals surface area contributed by atoms with Gasteiger partial charge < -0.3 is 14.5 Å². The molecule has 21 heavy (non-hydrogen) atoms. The van der Waals surface area contributed by atoms with Gasteiger partial charge in [-0.2, -0.15) is 0 Å². The molecular weight excluding hydrogens is 272 g/mol. The van der Waals surface area contributed by atoms with Crippen LogP contribution in [0.5, 0.6) is 0 Å². The number of carboxylic acids is 1.